The molecule has 2 amide bonds. The van der Waals surface area contributed by atoms with Crippen LogP contribution in [0.3, 0.4) is 0 Å². The lowest BCUT2D eigenvalue weighted by Gasteiger charge is -2.30. The fourth-order valence-corrected chi connectivity index (χ4v) is 3.26. The zero-order valence-corrected chi connectivity index (χ0v) is 13.9. The van der Waals surface area contributed by atoms with Gasteiger partial charge in [0, 0.05) is 19.5 Å². The lowest BCUT2D eigenvalue weighted by molar-refractivity contribution is -0.141. The van der Waals surface area contributed by atoms with Crippen LogP contribution in [-0.4, -0.2) is 57.1 Å². The van der Waals surface area contributed by atoms with Crippen molar-refractivity contribution in [1.29, 1.82) is 0 Å². The van der Waals surface area contributed by atoms with Crippen molar-refractivity contribution in [1.82, 2.24) is 19.7 Å². The van der Waals surface area contributed by atoms with Gasteiger partial charge < -0.3 is 15.5 Å². The van der Waals surface area contributed by atoms with Crippen LogP contribution in [0.5, 0.6) is 0 Å². The highest BCUT2D eigenvalue weighted by atomic mass is 32.3. The van der Waals surface area contributed by atoms with E-state index in [0.717, 1.165) is 6.92 Å². The van der Waals surface area contributed by atoms with Crippen LogP contribution in [-0.2, 0) is 31.4 Å². The van der Waals surface area contributed by atoms with Gasteiger partial charge in [-0.1, -0.05) is 5.16 Å². The molecule has 2 atom stereocenters. The van der Waals surface area contributed by atoms with E-state index in [0.29, 0.717) is 16.3 Å². The Hall–Kier alpha value is -2.71. The highest BCUT2D eigenvalue weighted by Gasteiger charge is 2.53. The number of hydroxylamine groups is 2. The first-order valence-electron chi connectivity index (χ1n) is 6.89. The fraction of sp³-hybridized carbons (Fsp3) is 0.455. The maximum absolute atomic E-state index is 12.5. The maximum Gasteiger partial charge on any atom is 0.418 e. The number of aromatic nitrogens is 2. The summed E-state index contributed by atoms with van der Waals surface area (Å²) in [6, 6.07) is -2.64. The second-order valence-corrected chi connectivity index (χ2v) is 6.39. The number of amides is 2. The number of hydrogen-bond acceptors (Lipinski definition) is 8. The first kappa shape index (κ1) is 17.1. The summed E-state index contributed by atoms with van der Waals surface area (Å²) in [4.78, 5) is 29.1. The molecule has 136 valence electrons. The van der Waals surface area contributed by atoms with E-state index in [9.17, 15) is 18.0 Å². The van der Waals surface area contributed by atoms with Gasteiger partial charge in [-0.3, -0.25) is 9.23 Å². The molecular formula is C11H14N6O7S. The summed E-state index contributed by atoms with van der Waals surface area (Å²) < 4.78 is 36.8. The lowest BCUT2D eigenvalue weighted by Crippen LogP contribution is -2.42. The van der Waals surface area contributed by atoms with E-state index < -0.39 is 34.5 Å². The van der Waals surface area contributed by atoms with Crippen LogP contribution in [0, 0.1) is 0 Å². The molecule has 0 spiro atoms. The molecule has 25 heavy (non-hydrogen) atoms. The van der Waals surface area contributed by atoms with Crippen LogP contribution in [0.2, 0.25) is 0 Å². The minimum absolute atomic E-state index is 0.00794. The molecule has 2 aliphatic rings. The Morgan fingerprint density at radius 1 is 1.52 bits per heavy atom. The first-order valence-corrected chi connectivity index (χ1v) is 8.26. The quantitative estimate of drug-likeness (QED) is 0.216. The van der Waals surface area contributed by atoms with Crippen molar-refractivity contribution in [2.24, 2.45) is 17.9 Å². The number of hydrogen-bond donors (Lipinski definition) is 2. The zero-order chi connectivity index (χ0) is 18.5. The number of nitrogens with zero attached hydrogens (tertiary/aromatic N) is 5. The van der Waals surface area contributed by atoms with E-state index in [1.165, 1.54) is 15.8 Å². The third-order valence-corrected chi connectivity index (χ3v) is 4.11. The summed E-state index contributed by atoms with van der Waals surface area (Å²) in [6.07, 6.45) is 1.42. The van der Waals surface area contributed by atoms with Gasteiger partial charge in [0.15, 0.2) is 5.84 Å². The molecule has 2 unspecified atom stereocenters. The third kappa shape index (κ3) is 2.90. The maximum atomic E-state index is 12.5. The van der Waals surface area contributed by atoms with Crippen LogP contribution in [0.1, 0.15) is 30.3 Å². The van der Waals surface area contributed by atoms with Gasteiger partial charge >= 0.3 is 22.4 Å². The number of amidine groups is 1. The van der Waals surface area contributed by atoms with Crippen LogP contribution in [0.4, 0.5) is 4.79 Å². The lowest BCUT2D eigenvalue weighted by atomic mass is 9.97. The van der Waals surface area contributed by atoms with Gasteiger partial charge in [-0.05, 0) is 0 Å². The Labute approximate surface area is 141 Å². The molecule has 3 rings (SSSR count). The molecule has 1 aromatic rings. The molecule has 1 fully saturated rings. The van der Waals surface area contributed by atoms with Crippen molar-refractivity contribution in [3.8, 4) is 0 Å². The second kappa shape index (κ2) is 5.68. The van der Waals surface area contributed by atoms with Crippen LogP contribution in [0.25, 0.3) is 0 Å². The van der Waals surface area contributed by atoms with Crippen molar-refractivity contribution in [3.63, 3.8) is 0 Å². The number of nitrogens with two attached hydrogens (primary N) is 1. The standard InChI is InChI=1S/C11H14N6O7S/c1-5(18)23-14-10(12)9-8-6(3-13-15(8)2)7-4-16(9)11(19)17(7)24-25(20,21)22/h3,7,9H,4H2,1-2H3,(H2,12,14)(H,20,21,22). The van der Waals surface area contributed by atoms with Crippen molar-refractivity contribution in [3.05, 3.63) is 17.5 Å². The fourth-order valence-electron chi connectivity index (χ4n) is 2.89. The monoisotopic (exact) mass is 374 g/mol. The van der Waals surface area contributed by atoms with Gasteiger partial charge in [-0.15, -0.1) is 4.28 Å². The van der Waals surface area contributed by atoms with E-state index in [-0.39, 0.29) is 12.4 Å². The van der Waals surface area contributed by atoms with Crippen molar-refractivity contribution in [2.75, 3.05) is 6.54 Å². The average molecular weight is 374 g/mol. The molecule has 0 aromatic carbocycles. The van der Waals surface area contributed by atoms with Gasteiger partial charge in [-0.25, -0.2) is 9.59 Å². The zero-order valence-electron chi connectivity index (χ0n) is 13.1. The van der Waals surface area contributed by atoms with Gasteiger partial charge in [0.2, 0.25) is 0 Å². The van der Waals surface area contributed by atoms with Crippen LogP contribution < -0.4 is 5.73 Å². The molecule has 3 heterocycles. The molecule has 0 saturated carbocycles. The minimum atomic E-state index is -4.91. The minimum Gasteiger partial charge on any atom is -0.382 e. The Kier molecular flexibility index (Phi) is 3.89. The molecule has 0 aliphatic carbocycles. The highest BCUT2D eigenvalue weighted by molar-refractivity contribution is 7.80. The van der Waals surface area contributed by atoms with Crippen molar-refractivity contribution in [2.45, 2.75) is 19.0 Å². The number of carbonyl (C=O) groups excluding carboxylic acids is 2. The first-order chi connectivity index (χ1) is 11.6. The number of fused-ring (bicyclic) bond motifs is 4. The second-order valence-electron chi connectivity index (χ2n) is 5.39. The predicted octanol–water partition coefficient (Wildman–Crippen LogP) is -1.18. The summed E-state index contributed by atoms with van der Waals surface area (Å²) in [6.45, 7) is 1.14. The molecule has 0 radical (unpaired) electrons. The van der Waals surface area contributed by atoms with Gasteiger partial charge in [0.1, 0.15) is 12.1 Å². The van der Waals surface area contributed by atoms with E-state index in [1.54, 1.807) is 7.05 Å². The Morgan fingerprint density at radius 3 is 2.80 bits per heavy atom. The van der Waals surface area contributed by atoms with Gasteiger partial charge in [-0.2, -0.15) is 18.6 Å². The topological polar surface area (TPSA) is 170 Å². The van der Waals surface area contributed by atoms with E-state index in [1.807, 2.05) is 0 Å². The molecule has 1 aromatic heterocycles. The molecular weight excluding hydrogens is 360 g/mol. The molecule has 2 bridgehead atoms. The van der Waals surface area contributed by atoms with Crippen molar-refractivity contribution >= 4 is 28.2 Å². The van der Waals surface area contributed by atoms with E-state index >= 15 is 0 Å². The summed E-state index contributed by atoms with van der Waals surface area (Å²) in [7, 11) is -3.32. The number of rotatable bonds is 4. The largest absolute Gasteiger partial charge is 0.418 e. The van der Waals surface area contributed by atoms with Crippen LogP contribution >= 0.6 is 0 Å². The molecule has 13 nitrogen and oxygen atoms in total. The third-order valence-electron chi connectivity index (χ3n) is 3.77. The van der Waals surface area contributed by atoms with Crippen molar-refractivity contribution < 1.29 is 31.7 Å². The summed E-state index contributed by atoms with van der Waals surface area (Å²) in [5, 5.41) is 8.09. The number of aryl methyl sites for hydroxylation is 1. The SMILES string of the molecule is CC(=O)O/N=C(\N)C1c2c(cnn2C)C2CN1C(=O)N2OS(=O)(=O)O. The predicted molar refractivity (Wildman–Crippen MR) is 78.7 cm³/mol. The molecule has 2 aliphatic heterocycles. The highest BCUT2D eigenvalue weighted by Crippen LogP contribution is 2.43. The average Bonchev–Trinajstić information content (AvgIpc) is 3.00. The Bertz CT molecular complexity index is 877. The normalized spacial score (nSPS) is 23.0. The van der Waals surface area contributed by atoms with E-state index in [4.69, 9.17) is 10.3 Å². The summed E-state index contributed by atoms with van der Waals surface area (Å²) in [5.74, 6) is -0.911. The summed E-state index contributed by atoms with van der Waals surface area (Å²) in [5.41, 5.74) is 6.77. The molecule has 1 saturated heterocycles. The molecule has 3 N–H and O–H groups in total. The summed E-state index contributed by atoms with van der Waals surface area (Å²) >= 11 is 0. The van der Waals surface area contributed by atoms with Gasteiger partial charge in [0.25, 0.3) is 0 Å². The van der Waals surface area contributed by atoms with Crippen LogP contribution in [0.15, 0.2) is 11.4 Å². The number of carbonyl (C=O) groups is 2. The van der Waals surface area contributed by atoms with E-state index in [2.05, 4.69) is 19.4 Å². The number of oxime groups is 1. The number of urea groups is 1. The smallest absolute Gasteiger partial charge is 0.382 e. The van der Waals surface area contributed by atoms with Gasteiger partial charge in [0.05, 0.1) is 18.4 Å². The molecule has 14 heteroatoms. The Balaban J connectivity index is 2.06. The Morgan fingerprint density at radius 2 is 2.20 bits per heavy atom.